The molecule has 2 amide bonds. The van der Waals surface area contributed by atoms with Gasteiger partial charge in [0.25, 0.3) is 5.91 Å². The lowest BCUT2D eigenvalue weighted by molar-refractivity contribution is -0.125. The molecule has 0 bridgehead atoms. The molecule has 36 heavy (non-hydrogen) atoms. The van der Waals surface area contributed by atoms with Crippen LogP contribution in [0.2, 0.25) is 0 Å². The summed E-state index contributed by atoms with van der Waals surface area (Å²) in [5.41, 5.74) is 6.54. The maximum absolute atomic E-state index is 13.8. The minimum atomic E-state index is -0.573. The molecule has 9 heteroatoms. The number of anilines is 1. The number of nitrogens with one attached hydrogen (secondary N) is 3. The summed E-state index contributed by atoms with van der Waals surface area (Å²) in [5.74, 6) is -0.295. The Morgan fingerprint density at radius 2 is 1.94 bits per heavy atom. The molecule has 8 nitrogen and oxygen atoms in total. The summed E-state index contributed by atoms with van der Waals surface area (Å²) in [6.45, 7) is 0.835. The highest BCUT2D eigenvalue weighted by Gasteiger charge is 2.37. The summed E-state index contributed by atoms with van der Waals surface area (Å²) < 4.78 is 0. The maximum Gasteiger partial charge on any atom is 0.265 e. The number of fused-ring (bicyclic) bond motifs is 4. The van der Waals surface area contributed by atoms with Crippen LogP contribution in [0.1, 0.15) is 26.5 Å². The summed E-state index contributed by atoms with van der Waals surface area (Å²) >= 11 is 1.40. The molecule has 180 valence electrons. The predicted octanol–water partition coefficient (Wildman–Crippen LogP) is 4.10. The number of carbonyl (C=O) groups excluding carboxylic acids is 2. The summed E-state index contributed by atoms with van der Waals surface area (Å²) in [6.07, 6.45) is 3.81. The van der Waals surface area contributed by atoms with Crippen molar-refractivity contribution in [3.8, 4) is 0 Å². The fourth-order valence-electron chi connectivity index (χ4n) is 4.89. The van der Waals surface area contributed by atoms with Crippen LogP contribution in [0.4, 0.5) is 5.69 Å². The van der Waals surface area contributed by atoms with Gasteiger partial charge in [0.15, 0.2) is 0 Å². The van der Waals surface area contributed by atoms with Gasteiger partial charge in [-0.05, 0) is 46.8 Å². The lowest BCUT2D eigenvalue weighted by Gasteiger charge is -2.34. The molecule has 6 rings (SSSR count). The number of aromatic nitrogens is 3. The largest absolute Gasteiger partial charge is 0.381 e. The Morgan fingerprint density at radius 3 is 2.81 bits per heavy atom. The fraction of sp³-hybridized carbons (Fsp3) is 0.185. The number of amides is 2. The highest BCUT2D eigenvalue weighted by atomic mass is 32.1. The van der Waals surface area contributed by atoms with E-state index in [2.05, 4.69) is 31.7 Å². The molecule has 2 aromatic carbocycles. The summed E-state index contributed by atoms with van der Waals surface area (Å²) in [7, 11) is 1.62. The zero-order valence-corrected chi connectivity index (χ0v) is 20.4. The molecule has 3 aromatic heterocycles. The number of rotatable bonds is 5. The number of aromatic amines is 1. The Kier molecular flexibility index (Phi) is 5.61. The van der Waals surface area contributed by atoms with Gasteiger partial charge in [0.05, 0.1) is 22.5 Å². The van der Waals surface area contributed by atoms with Crippen LogP contribution in [0.3, 0.4) is 0 Å². The Labute approximate surface area is 211 Å². The van der Waals surface area contributed by atoms with Crippen molar-refractivity contribution in [2.45, 2.75) is 25.6 Å². The molecule has 5 aromatic rings. The van der Waals surface area contributed by atoms with Crippen molar-refractivity contribution in [2.24, 2.45) is 0 Å². The van der Waals surface area contributed by atoms with E-state index in [0.29, 0.717) is 24.4 Å². The van der Waals surface area contributed by atoms with Crippen LogP contribution in [0.5, 0.6) is 0 Å². The van der Waals surface area contributed by atoms with Crippen molar-refractivity contribution in [1.82, 2.24) is 25.2 Å². The van der Waals surface area contributed by atoms with Crippen LogP contribution in [-0.4, -0.2) is 44.8 Å². The van der Waals surface area contributed by atoms with Crippen molar-refractivity contribution in [3.05, 3.63) is 88.0 Å². The Hall–Kier alpha value is -4.24. The van der Waals surface area contributed by atoms with Gasteiger partial charge in [-0.25, -0.2) is 0 Å². The molecule has 0 radical (unpaired) electrons. The van der Waals surface area contributed by atoms with Crippen LogP contribution >= 0.6 is 11.3 Å². The summed E-state index contributed by atoms with van der Waals surface area (Å²) in [6, 6.07) is 15.3. The molecule has 4 heterocycles. The number of carbonyl (C=O) groups is 2. The number of hydrogen-bond acceptors (Lipinski definition) is 6. The Bertz CT molecular complexity index is 1610. The predicted molar refractivity (Wildman–Crippen MR) is 141 cm³/mol. The van der Waals surface area contributed by atoms with Gasteiger partial charge >= 0.3 is 0 Å². The molecule has 1 unspecified atom stereocenters. The van der Waals surface area contributed by atoms with Crippen LogP contribution in [0.25, 0.3) is 21.9 Å². The van der Waals surface area contributed by atoms with Gasteiger partial charge < -0.3 is 20.5 Å². The first-order valence-corrected chi connectivity index (χ1v) is 12.6. The van der Waals surface area contributed by atoms with Gasteiger partial charge in [-0.3, -0.25) is 19.6 Å². The summed E-state index contributed by atoms with van der Waals surface area (Å²) in [5, 5.41) is 9.17. The van der Waals surface area contributed by atoms with E-state index < -0.39 is 6.04 Å². The molecule has 0 fully saturated rings. The van der Waals surface area contributed by atoms with Crippen LogP contribution in [-0.2, 0) is 24.3 Å². The third-order valence-corrected chi connectivity index (χ3v) is 7.65. The number of para-hydroxylation sites is 1. The van der Waals surface area contributed by atoms with Crippen LogP contribution < -0.4 is 10.6 Å². The first-order valence-electron chi connectivity index (χ1n) is 11.7. The molecule has 1 aliphatic heterocycles. The summed E-state index contributed by atoms with van der Waals surface area (Å²) in [4.78, 5) is 41.2. The molecule has 0 saturated carbocycles. The van der Waals surface area contributed by atoms with E-state index in [9.17, 15) is 9.59 Å². The van der Waals surface area contributed by atoms with E-state index in [1.54, 1.807) is 24.3 Å². The normalized spacial score (nSPS) is 15.1. The smallest absolute Gasteiger partial charge is 0.265 e. The first-order chi connectivity index (χ1) is 17.6. The number of benzene rings is 2. The SMILES string of the molecule is CNC(=O)C1Cc2c([nH]c3ccccc23)CN1C(=O)c1sccc1CNc1ccc2nccnc2c1. The molecular weight excluding hydrogens is 472 g/mol. The zero-order chi connectivity index (χ0) is 24.6. The molecular formula is C27H24N6O2S. The van der Waals surface area contributed by atoms with Gasteiger partial charge in [0.1, 0.15) is 6.04 Å². The second-order valence-electron chi connectivity index (χ2n) is 8.78. The third kappa shape index (κ3) is 3.87. The van der Waals surface area contributed by atoms with Crippen molar-refractivity contribution in [3.63, 3.8) is 0 Å². The van der Waals surface area contributed by atoms with Gasteiger partial charge in [0, 0.05) is 54.7 Å². The first kappa shape index (κ1) is 22.2. The Morgan fingerprint density at radius 1 is 1.11 bits per heavy atom. The molecule has 0 spiro atoms. The van der Waals surface area contributed by atoms with E-state index in [1.165, 1.54) is 11.3 Å². The number of nitrogens with zero attached hydrogens (tertiary/aromatic N) is 3. The minimum absolute atomic E-state index is 0.135. The monoisotopic (exact) mass is 496 g/mol. The van der Waals surface area contributed by atoms with Crippen molar-refractivity contribution in [1.29, 1.82) is 0 Å². The Balaban J connectivity index is 1.27. The molecule has 0 aliphatic carbocycles. The highest BCUT2D eigenvalue weighted by Crippen LogP contribution is 2.32. The lowest BCUT2D eigenvalue weighted by atomic mass is 9.95. The van der Waals surface area contributed by atoms with E-state index in [4.69, 9.17) is 0 Å². The molecule has 1 atom stereocenters. The van der Waals surface area contributed by atoms with Crippen molar-refractivity contribution < 1.29 is 9.59 Å². The number of thiophene rings is 1. The van der Waals surface area contributed by atoms with Crippen molar-refractivity contribution in [2.75, 3.05) is 12.4 Å². The number of H-pyrrole nitrogens is 1. The number of likely N-dealkylation sites (N-methyl/N-ethyl adjacent to an activating group) is 1. The second kappa shape index (κ2) is 9.09. The quantitative estimate of drug-likeness (QED) is 0.340. The average molecular weight is 497 g/mol. The van der Waals surface area contributed by atoms with Gasteiger partial charge in [-0.15, -0.1) is 11.3 Å². The maximum atomic E-state index is 13.8. The van der Waals surface area contributed by atoms with Gasteiger partial charge in [-0.1, -0.05) is 18.2 Å². The second-order valence-corrected chi connectivity index (χ2v) is 9.70. The molecule has 1 aliphatic rings. The minimum Gasteiger partial charge on any atom is -0.381 e. The third-order valence-electron chi connectivity index (χ3n) is 6.71. The van der Waals surface area contributed by atoms with Crippen LogP contribution in [0, 0.1) is 0 Å². The standard InChI is InChI=1S/C27H24N6O2S/c1-28-26(34)24-13-19-18-4-2-3-5-20(18)32-23(19)15-33(24)27(35)25-16(8-11-36-25)14-31-17-6-7-21-22(12-17)30-10-9-29-21/h2-12,24,31-32H,13-15H2,1H3,(H,28,34). The average Bonchev–Trinajstić information content (AvgIpc) is 3.54. The fourth-order valence-corrected chi connectivity index (χ4v) is 5.76. The number of hydrogen-bond donors (Lipinski definition) is 3. The van der Waals surface area contributed by atoms with E-state index in [1.807, 2.05) is 47.8 Å². The lowest BCUT2D eigenvalue weighted by Crippen LogP contribution is -2.51. The van der Waals surface area contributed by atoms with Gasteiger partial charge in [0.2, 0.25) is 5.91 Å². The highest BCUT2D eigenvalue weighted by molar-refractivity contribution is 7.12. The van der Waals surface area contributed by atoms with E-state index in [0.717, 1.165) is 44.4 Å². The molecule has 3 N–H and O–H groups in total. The van der Waals surface area contributed by atoms with E-state index in [-0.39, 0.29) is 11.8 Å². The van der Waals surface area contributed by atoms with Crippen molar-refractivity contribution >= 4 is 50.8 Å². The zero-order valence-electron chi connectivity index (χ0n) is 19.6. The van der Waals surface area contributed by atoms with Crippen LogP contribution in [0.15, 0.2) is 66.3 Å². The molecule has 0 saturated heterocycles. The van der Waals surface area contributed by atoms with Gasteiger partial charge in [-0.2, -0.15) is 0 Å². The van der Waals surface area contributed by atoms with E-state index >= 15 is 0 Å². The topological polar surface area (TPSA) is 103 Å².